The molecule has 0 aliphatic heterocycles. The predicted molar refractivity (Wildman–Crippen MR) is 104 cm³/mol. The Morgan fingerprint density at radius 2 is 1.62 bits per heavy atom. The van der Waals surface area contributed by atoms with Crippen LogP contribution in [0.3, 0.4) is 0 Å². The summed E-state index contributed by atoms with van der Waals surface area (Å²) in [6.07, 6.45) is 10.0. The highest BCUT2D eigenvalue weighted by molar-refractivity contribution is 5.80. The number of aryl methyl sites for hydroxylation is 2. The van der Waals surface area contributed by atoms with Crippen molar-refractivity contribution in [1.29, 1.82) is 0 Å². The van der Waals surface area contributed by atoms with E-state index >= 15 is 0 Å². The van der Waals surface area contributed by atoms with Crippen LogP contribution in [0, 0.1) is 0 Å². The summed E-state index contributed by atoms with van der Waals surface area (Å²) in [7, 11) is 4.27. The van der Waals surface area contributed by atoms with Crippen LogP contribution >= 0.6 is 0 Å². The maximum Gasteiger partial charge on any atom is 0.00101 e. The molecule has 0 saturated heterocycles. The molecule has 0 atom stereocenters. The second-order valence-electron chi connectivity index (χ2n) is 7.12. The Bertz CT molecular complexity index is 682. The predicted octanol–water partition coefficient (Wildman–Crippen LogP) is 5.34. The first-order valence-electron chi connectivity index (χ1n) is 9.26. The van der Waals surface area contributed by atoms with Crippen LogP contribution in [-0.2, 0) is 12.8 Å². The fourth-order valence-corrected chi connectivity index (χ4v) is 3.56. The monoisotopic (exact) mass is 319 g/mol. The van der Waals surface area contributed by atoms with Gasteiger partial charge in [-0.3, -0.25) is 0 Å². The van der Waals surface area contributed by atoms with Crippen LogP contribution in [0.2, 0.25) is 0 Å². The molecule has 0 radical (unpaired) electrons. The van der Waals surface area contributed by atoms with Crippen LogP contribution in [-0.4, -0.2) is 25.5 Å². The summed E-state index contributed by atoms with van der Waals surface area (Å²) in [5, 5.41) is 0. The lowest BCUT2D eigenvalue weighted by Crippen LogP contribution is -2.12. The molecular weight excluding hydrogens is 290 g/mol. The third-order valence-electron chi connectivity index (χ3n) is 4.92. The van der Waals surface area contributed by atoms with Crippen molar-refractivity contribution in [2.24, 2.45) is 0 Å². The molecule has 126 valence electrons. The summed E-state index contributed by atoms with van der Waals surface area (Å²) < 4.78 is 0. The molecule has 0 N–H and O–H groups in total. The molecule has 1 heteroatoms. The molecule has 0 fully saturated rings. The molecule has 1 nitrogen and oxygen atoms in total. The van der Waals surface area contributed by atoms with Crippen molar-refractivity contribution >= 4 is 5.57 Å². The molecule has 24 heavy (non-hydrogen) atoms. The maximum atomic E-state index is 2.45. The molecule has 1 aliphatic rings. The molecule has 2 aromatic rings. The van der Waals surface area contributed by atoms with Gasteiger partial charge in [0.1, 0.15) is 0 Å². The average molecular weight is 319 g/mol. The van der Waals surface area contributed by atoms with Crippen LogP contribution in [0.5, 0.6) is 0 Å². The number of benzene rings is 2. The van der Waals surface area contributed by atoms with Gasteiger partial charge in [-0.1, -0.05) is 61.0 Å². The highest BCUT2D eigenvalue weighted by Crippen LogP contribution is 2.28. The summed E-state index contributed by atoms with van der Waals surface area (Å²) >= 11 is 0. The topological polar surface area (TPSA) is 3.24 Å². The summed E-state index contributed by atoms with van der Waals surface area (Å²) in [6.45, 7) is 1.08. The Kier molecular flexibility index (Phi) is 5.87. The first-order valence-corrected chi connectivity index (χ1v) is 9.26. The van der Waals surface area contributed by atoms with E-state index in [2.05, 4.69) is 73.6 Å². The van der Waals surface area contributed by atoms with Crippen LogP contribution < -0.4 is 0 Å². The van der Waals surface area contributed by atoms with Gasteiger partial charge in [-0.05, 0) is 74.0 Å². The lowest BCUT2D eigenvalue weighted by atomic mass is 9.92. The number of hydrogen-bond donors (Lipinski definition) is 0. The maximum absolute atomic E-state index is 2.45. The minimum Gasteiger partial charge on any atom is -0.309 e. The van der Waals surface area contributed by atoms with Crippen molar-refractivity contribution in [3.05, 3.63) is 76.9 Å². The molecule has 0 bridgehead atoms. The molecule has 0 saturated carbocycles. The summed E-state index contributed by atoms with van der Waals surface area (Å²) in [5.74, 6) is 0. The zero-order valence-electron chi connectivity index (χ0n) is 15.1. The van der Waals surface area contributed by atoms with Crippen molar-refractivity contribution < 1.29 is 0 Å². The minimum atomic E-state index is 1.08. The summed E-state index contributed by atoms with van der Waals surface area (Å²) in [6, 6.07) is 18.0. The normalized spacial score (nSPS) is 15.2. The van der Waals surface area contributed by atoms with E-state index in [9.17, 15) is 0 Å². The Morgan fingerprint density at radius 3 is 2.38 bits per heavy atom. The number of fused-ring (bicyclic) bond motifs is 1. The Labute approximate surface area is 147 Å². The van der Waals surface area contributed by atoms with E-state index in [-0.39, 0.29) is 0 Å². The molecular formula is C23H29N. The van der Waals surface area contributed by atoms with Gasteiger partial charge in [-0.15, -0.1) is 0 Å². The smallest absolute Gasteiger partial charge is 0.00101 e. The molecule has 0 unspecified atom stereocenters. The molecule has 0 heterocycles. The van der Waals surface area contributed by atoms with Gasteiger partial charge in [0.25, 0.3) is 0 Å². The van der Waals surface area contributed by atoms with Crippen LogP contribution in [0.4, 0.5) is 0 Å². The second kappa shape index (κ2) is 8.30. The zero-order valence-corrected chi connectivity index (χ0v) is 15.1. The van der Waals surface area contributed by atoms with Crippen molar-refractivity contribution in [3.8, 4) is 0 Å². The number of hydrogen-bond acceptors (Lipinski definition) is 1. The van der Waals surface area contributed by atoms with E-state index in [0.29, 0.717) is 0 Å². The lowest BCUT2D eigenvalue weighted by Gasteiger charge is -2.14. The number of nitrogens with zero attached hydrogens (tertiary/aromatic N) is 1. The second-order valence-corrected chi connectivity index (χ2v) is 7.12. The summed E-state index contributed by atoms with van der Waals surface area (Å²) in [4.78, 5) is 2.25. The molecule has 0 spiro atoms. The van der Waals surface area contributed by atoms with Gasteiger partial charge in [0, 0.05) is 6.54 Å². The standard InChI is InChI=1S/C23H29N/c1-24(2)17-9-14-23(20-11-6-4-7-12-20)22-16-15-19-10-5-3-8-13-21(19)18-22/h4,6-7,11-12,14-16,18H,3,5,8-10,13,17H2,1-2H3/b23-14+. The van der Waals surface area contributed by atoms with Crippen LogP contribution in [0.15, 0.2) is 54.6 Å². The van der Waals surface area contributed by atoms with Crippen molar-refractivity contribution in [2.75, 3.05) is 20.6 Å². The lowest BCUT2D eigenvalue weighted by molar-refractivity contribution is 0.417. The van der Waals surface area contributed by atoms with E-state index in [1.807, 2.05) is 0 Å². The average Bonchev–Trinajstić information content (AvgIpc) is 2.84. The molecule has 0 aromatic heterocycles. The molecule has 3 rings (SSSR count). The van der Waals surface area contributed by atoms with Crippen molar-refractivity contribution in [3.63, 3.8) is 0 Å². The zero-order chi connectivity index (χ0) is 16.8. The van der Waals surface area contributed by atoms with Gasteiger partial charge in [0.15, 0.2) is 0 Å². The van der Waals surface area contributed by atoms with Gasteiger partial charge in [-0.2, -0.15) is 0 Å². The highest BCUT2D eigenvalue weighted by atomic mass is 15.0. The SMILES string of the molecule is CN(C)CC/C=C(\c1ccccc1)c1ccc2c(c1)CCCCC2. The van der Waals surface area contributed by atoms with E-state index in [0.717, 1.165) is 13.0 Å². The molecule has 0 amide bonds. The van der Waals surface area contributed by atoms with Crippen molar-refractivity contribution in [2.45, 2.75) is 38.5 Å². The minimum absolute atomic E-state index is 1.08. The van der Waals surface area contributed by atoms with Gasteiger partial charge >= 0.3 is 0 Å². The van der Waals surface area contributed by atoms with Crippen LogP contribution in [0.1, 0.15) is 47.9 Å². The molecule has 2 aromatic carbocycles. The highest BCUT2D eigenvalue weighted by Gasteiger charge is 2.11. The number of rotatable bonds is 5. The van der Waals surface area contributed by atoms with Gasteiger partial charge < -0.3 is 4.90 Å². The van der Waals surface area contributed by atoms with E-state index in [1.165, 1.54) is 48.8 Å². The van der Waals surface area contributed by atoms with E-state index < -0.39 is 0 Å². The van der Waals surface area contributed by atoms with Gasteiger partial charge in [0.2, 0.25) is 0 Å². The quantitative estimate of drug-likeness (QED) is 0.672. The van der Waals surface area contributed by atoms with E-state index in [1.54, 1.807) is 11.1 Å². The molecule has 1 aliphatic carbocycles. The van der Waals surface area contributed by atoms with Crippen LogP contribution in [0.25, 0.3) is 5.57 Å². The first-order chi connectivity index (χ1) is 11.7. The van der Waals surface area contributed by atoms with Crippen molar-refractivity contribution in [1.82, 2.24) is 4.90 Å². The Hall–Kier alpha value is -1.86. The third kappa shape index (κ3) is 4.36. The largest absolute Gasteiger partial charge is 0.309 e. The fourth-order valence-electron chi connectivity index (χ4n) is 3.56. The summed E-state index contributed by atoms with van der Waals surface area (Å²) in [5.41, 5.74) is 7.21. The Morgan fingerprint density at radius 1 is 0.875 bits per heavy atom. The first kappa shape index (κ1) is 17.0. The fraction of sp³-hybridized carbons (Fsp3) is 0.391. The Balaban J connectivity index is 1.94. The van der Waals surface area contributed by atoms with E-state index in [4.69, 9.17) is 0 Å². The van der Waals surface area contributed by atoms with Gasteiger partial charge in [0.05, 0.1) is 0 Å². The third-order valence-corrected chi connectivity index (χ3v) is 4.92. The van der Waals surface area contributed by atoms with Gasteiger partial charge in [-0.25, -0.2) is 0 Å².